The molecule has 0 fully saturated rings. The Balaban J connectivity index is 1.90. The highest BCUT2D eigenvalue weighted by atomic mass is 16.7. The van der Waals surface area contributed by atoms with Crippen molar-refractivity contribution >= 4 is 11.4 Å². The summed E-state index contributed by atoms with van der Waals surface area (Å²) in [5.41, 5.74) is 1.10. The van der Waals surface area contributed by atoms with Gasteiger partial charge in [0.15, 0.2) is 11.4 Å². The highest BCUT2D eigenvalue weighted by Gasteiger charge is 2.18. The minimum Gasteiger partial charge on any atom is -0.497 e. The van der Waals surface area contributed by atoms with Gasteiger partial charge in [0.05, 0.1) is 18.6 Å². The first-order valence-corrected chi connectivity index (χ1v) is 7.73. The number of aromatic nitrogens is 3. The second kappa shape index (κ2) is 7.51. The van der Waals surface area contributed by atoms with Crippen LogP contribution in [0.1, 0.15) is 5.56 Å². The fourth-order valence-electron chi connectivity index (χ4n) is 2.47. The number of hydrogen-bond acceptors (Lipinski definition) is 7. The van der Waals surface area contributed by atoms with Crippen LogP contribution in [0.3, 0.4) is 0 Å². The van der Waals surface area contributed by atoms with Crippen LogP contribution in [0.2, 0.25) is 0 Å². The van der Waals surface area contributed by atoms with E-state index in [9.17, 15) is 10.1 Å². The average Bonchev–Trinajstić information content (AvgIpc) is 3.16. The molecule has 0 aliphatic carbocycles. The van der Waals surface area contributed by atoms with Crippen LogP contribution in [-0.2, 0) is 6.54 Å². The van der Waals surface area contributed by atoms with Crippen molar-refractivity contribution in [3.8, 4) is 11.5 Å². The number of nitro benzene ring substituents is 1. The van der Waals surface area contributed by atoms with Gasteiger partial charge in [-0.05, 0) is 24.3 Å². The predicted molar refractivity (Wildman–Crippen MR) is 94.2 cm³/mol. The lowest BCUT2D eigenvalue weighted by atomic mass is 10.2. The fraction of sp³-hybridized carbons (Fsp3) is 0.176. The van der Waals surface area contributed by atoms with E-state index in [1.54, 1.807) is 55.5 Å². The van der Waals surface area contributed by atoms with Gasteiger partial charge in [-0.2, -0.15) is 5.10 Å². The lowest BCUT2D eigenvalue weighted by Crippen LogP contribution is -2.23. The zero-order valence-electron chi connectivity index (χ0n) is 14.3. The third kappa shape index (κ3) is 3.72. The number of para-hydroxylation sites is 2. The van der Waals surface area contributed by atoms with Crippen molar-refractivity contribution in [1.82, 2.24) is 14.8 Å². The van der Waals surface area contributed by atoms with E-state index in [1.165, 1.54) is 17.5 Å². The second-order valence-electron chi connectivity index (χ2n) is 5.40. The number of nitrogens with zero attached hydrogens (tertiary/aromatic N) is 5. The van der Waals surface area contributed by atoms with Gasteiger partial charge in [-0.1, -0.05) is 12.1 Å². The molecule has 0 spiro atoms. The summed E-state index contributed by atoms with van der Waals surface area (Å²) in [5.74, 6) is 1.20. The minimum atomic E-state index is -0.445. The zero-order valence-corrected chi connectivity index (χ0v) is 14.3. The molecule has 0 unspecified atom stereocenters. The summed E-state index contributed by atoms with van der Waals surface area (Å²) >= 11 is 0. The number of hydrogen-bond donors (Lipinski definition) is 0. The molecule has 0 radical (unpaired) electrons. The van der Waals surface area contributed by atoms with Crippen molar-refractivity contribution < 1.29 is 14.5 Å². The number of methoxy groups -OCH3 is 1. The minimum absolute atomic E-state index is 0.0404. The van der Waals surface area contributed by atoms with Crippen LogP contribution in [0.25, 0.3) is 0 Å². The first kappa shape index (κ1) is 17.2. The van der Waals surface area contributed by atoms with Crippen molar-refractivity contribution in [2.45, 2.75) is 6.54 Å². The van der Waals surface area contributed by atoms with Crippen LogP contribution in [0, 0.1) is 10.1 Å². The topological polar surface area (TPSA) is 95.6 Å². The summed E-state index contributed by atoms with van der Waals surface area (Å²) < 4.78 is 6.91. The number of ether oxygens (including phenoxy) is 1. The Kier molecular flexibility index (Phi) is 4.97. The first-order chi connectivity index (χ1) is 12.6. The Morgan fingerprint density at radius 2 is 2.08 bits per heavy atom. The second-order valence-corrected chi connectivity index (χ2v) is 5.40. The van der Waals surface area contributed by atoms with Crippen LogP contribution in [0.4, 0.5) is 11.4 Å². The van der Waals surface area contributed by atoms with Crippen LogP contribution < -0.4 is 14.6 Å². The molecule has 0 aliphatic rings. The van der Waals surface area contributed by atoms with Gasteiger partial charge in [-0.15, -0.1) is 0 Å². The molecular weight excluding hydrogens is 338 g/mol. The van der Waals surface area contributed by atoms with E-state index in [-0.39, 0.29) is 5.69 Å². The Labute approximate surface area is 149 Å². The van der Waals surface area contributed by atoms with Gasteiger partial charge < -0.3 is 9.57 Å². The summed E-state index contributed by atoms with van der Waals surface area (Å²) in [5, 5.41) is 16.7. The van der Waals surface area contributed by atoms with Gasteiger partial charge in [0, 0.05) is 18.7 Å². The maximum Gasteiger partial charge on any atom is 0.295 e. The smallest absolute Gasteiger partial charge is 0.295 e. The summed E-state index contributed by atoms with van der Waals surface area (Å²) in [7, 11) is 3.19. The van der Waals surface area contributed by atoms with E-state index in [2.05, 4.69) is 10.1 Å². The number of hydroxylamine groups is 1. The predicted octanol–water partition coefficient (Wildman–Crippen LogP) is 2.67. The Hall–Kier alpha value is -3.62. The van der Waals surface area contributed by atoms with Gasteiger partial charge in [0.1, 0.15) is 18.4 Å². The maximum atomic E-state index is 11.2. The van der Waals surface area contributed by atoms with Crippen LogP contribution in [0.5, 0.6) is 11.5 Å². The SMILES string of the molecule is COc1ccc(ON(C)c2ccccc2[N+](=O)[O-])c(Cn2cncn2)c1. The van der Waals surface area contributed by atoms with Crippen molar-refractivity contribution in [3.63, 3.8) is 0 Å². The Bertz CT molecular complexity index is 898. The quantitative estimate of drug-likeness (QED) is 0.475. The number of rotatable bonds is 7. The molecular formula is C17H17N5O4. The molecule has 0 amide bonds. The molecule has 0 saturated carbocycles. The highest BCUT2D eigenvalue weighted by molar-refractivity contribution is 5.61. The third-order valence-electron chi connectivity index (χ3n) is 3.72. The van der Waals surface area contributed by atoms with Crippen LogP contribution >= 0.6 is 0 Å². The lowest BCUT2D eigenvalue weighted by molar-refractivity contribution is -0.384. The van der Waals surface area contributed by atoms with E-state index in [0.717, 1.165) is 5.56 Å². The standard InChI is InChI=1S/C17H17N5O4/c1-20(15-5-3-4-6-16(15)22(23)24)26-17-8-7-14(25-2)9-13(17)10-21-12-18-11-19-21/h3-9,11-12H,10H2,1-2H3. The molecule has 9 nitrogen and oxygen atoms in total. The summed E-state index contributed by atoms with van der Waals surface area (Å²) in [6, 6.07) is 11.7. The molecule has 9 heteroatoms. The molecule has 0 aliphatic heterocycles. The van der Waals surface area contributed by atoms with Gasteiger partial charge in [-0.25, -0.2) is 14.7 Å². The molecule has 0 atom stereocenters. The number of nitro groups is 1. The molecule has 1 aromatic heterocycles. The third-order valence-corrected chi connectivity index (χ3v) is 3.72. The largest absolute Gasteiger partial charge is 0.497 e. The van der Waals surface area contributed by atoms with Crippen molar-refractivity contribution in [3.05, 3.63) is 70.8 Å². The molecule has 0 N–H and O–H groups in total. The van der Waals surface area contributed by atoms with E-state index in [4.69, 9.17) is 9.57 Å². The molecule has 26 heavy (non-hydrogen) atoms. The average molecular weight is 355 g/mol. The van der Waals surface area contributed by atoms with E-state index >= 15 is 0 Å². The molecule has 3 rings (SSSR count). The van der Waals surface area contributed by atoms with E-state index in [0.29, 0.717) is 23.7 Å². The summed E-state index contributed by atoms with van der Waals surface area (Å²) in [6.45, 7) is 0.414. The Morgan fingerprint density at radius 1 is 1.27 bits per heavy atom. The lowest BCUT2D eigenvalue weighted by Gasteiger charge is -2.21. The van der Waals surface area contributed by atoms with Gasteiger partial charge in [-0.3, -0.25) is 10.1 Å². The van der Waals surface area contributed by atoms with Crippen molar-refractivity contribution in [2.75, 3.05) is 19.2 Å². The highest BCUT2D eigenvalue weighted by Crippen LogP contribution is 2.30. The fourth-order valence-corrected chi connectivity index (χ4v) is 2.47. The Morgan fingerprint density at radius 3 is 2.77 bits per heavy atom. The van der Waals surface area contributed by atoms with Gasteiger partial charge in [0.25, 0.3) is 5.69 Å². The van der Waals surface area contributed by atoms with Gasteiger partial charge in [0.2, 0.25) is 0 Å². The molecule has 1 heterocycles. The van der Waals surface area contributed by atoms with E-state index < -0.39 is 4.92 Å². The van der Waals surface area contributed by atoms with Crippen molar-refractivity contribution in [1.29, 1.82) is 0 Å². The van der Waals surface area contributed by atoms with E-state index in [1.807, 2.05) is 6.07 Å². The summed E-state index contributed by atoms with van der Waals surface area (Å²) in [4.78, 5) is 20.6. The normalized spacial score (nSPS) is 10.4. The van der Waals surface area contributed by atoms with Crippen molar-refractivity contribution in [2.24, 2.45) is 0 Å². The zero-order chi connectivity index (χ0) is 18.5. The maximum absolute atomic E-state index is 11.2. The summed E-state index contributed by atoms with van der Waals surface area (Å²) in [6.07, 6.45) is 3.04. The number of benzene rings is 2. The molecule has 3 aromatic rings. The molecule has 0 bridgehead atoms. The molecule has 134 valence electrons. The van der Waals surface area contributed by atoms with Gasteiger partial charge >= 0.3 is 0 Å². The van der Waals surface area contributed by atoms with Crippen LogP contribution in [0.15, 0.2) is 55.1 Å². The first-order valence-electron chi connectivity index (χ1n) is 7.73. The molecule has 0 saturated heterocycles. The van der Waals surface area contributed by atoms with Crippen LogP contribution in [-0.4, -0.2) is 33.8 Å². The number of anilines is 1. The molecule has 2 aromatic carbocycles. The monoisotopic (exact) mass is 355 g/mol.